The number of aryl methyl sites for hydroxylation is 2. The van der Waals surface area contributed by atoms with Crippen LogP contribution >= 0.6 is 23.1 Å². The van der Waals surface area contributed by atoms with Gasteiger partial charge in [0.2, 0.25) is 5.91 Å². The van der Waals surface area contributed by atoms with Crippen molar-refractivity contribution >= 4 is 45.3 Å². The van der Waals surface area contributed by atoms with Gasteiger partial charge in [0.25, 0.3) is 5.56 Å². The number of aromatic nitrogens is 2. The summed E-state index contributed by atoms with van der Waals surface area (Å²) in [4.78, 5) is 42.7. The van der Waals surface area contributed by atoms with Gasteiger partial charge in [-0.2, -0.15) is 0 Å². The number of hydrogen-bond donors (Lipinski definition) is 1. The quantitative estimate of drug-likeness (QED) is 0.461. The predicted octanol–water partition coefficient (Wildman–Crippen LogP) is 2.50. The molecular weight excluding hydrogens is 374 g/mol. The van der Waals surface area contributed by atoms with Crippen molar-refractivity contribution < 1.29 is 14.3 Å². The van der Waals surface area contributed by atoms with Crippen molar-refractivity contribution in [1.82, 2.24) is 14.9 Å². The van der Waals surface area contributed by atoms with Crippen molar-refractivity contribution in [2.24, 2.45) is 0 Å². The summed E-state index contributed by atoms with van der Waals surface area (Å²) in [6.07, 6.45) is 3.82. The number of amides is 2. The van der Waals surface area contributed by atoms with E-state index in [9.17, 15) is 14.4 Å². The second-order valence-corrected chi connectivity index (χ2v) is 7.72. The van der Waals surface area contributed by atoms with Gasteiger partial charge in [0.15, 0.2) is 5.16 Å². The molecule has 2 amide bonds. The second kappa shape index (κ2) is 8.05. The van der Waals surface area contributed by atoms with Crippen molar-refractivity contribution in [3.63, 3.8) is 0 Å². The number of thioether (sulfide) groups is 1. The molecule has 0 unspecified atom stereocenters. The molecule has 0 atom stereocenters. The normalized spacial score (nSPS) is 12.8. The Hall–Kier alpha value is -2.13. The highest BCUT2D eigenvalue weighted by Crippen LogP contribution is 2.35. The highest BCUT2D eigenvalue weighted by atomic mass is 32.2. The van der Waals surface area contributed by atoms with Crippen LogP contribution < -0.4 is 10.9 Å². The van der Waals surface area contributed by atoms with E-state index in [0.29, 0.717) is 21.9 Å². The van der Waals surface area contributed by atoms with Crippen LogP contribution in [-0.4, -0.2) is 33.9 Å². The summed E-state index contributed by atoms with van der Waals surface area (Å²) in [5.41, 5.74) is 1.03. The summed E-state index contributed by atoms with van der Waals surface area (Å²) < 4.78 is 6.21. The van der Waals surface area contributed by atoms with Crippen LogP contribution in [0.5, 0.6) is 0 Å². The van der Waals surface area contributed by atoms with E-state index in [-0.39, 0.29) is 17.9 Å². The third kappa shape index (κ3) is 3.68. The van der Waals surface area contributed by atoms with E-state index >= 15 is 0 Å². The number of alkyl carbamates (subject to hydrolysis) is 1. The standard InChI is InChI=1S/C17H19N3O4S2/c1-3-8-20-15(22)13-10-6-5-7-11(10)26-14(13)19-16(20)25-9-12(21)18-17(23)24-4-2/h3H,1,4-9H2,2H3,(H,18,21,23). The lowest BCUT2D eigenvalue weighted by atomic mass is 10.2. The molecule has 1 aliphatic carbocycles. The van der Waals surface area contributed by atoms with Gasteiger partial charge in [0, 0.05) is 11.4 Å². The van der Waals surface area contributed by atoms with Crippen LogP contribution in [0.2, 0.25) is 0 Å². The third-order valence-corrected chi connectivity index (χ3v) is 6.11. The van der Waals surface area contributed by atoms with Crippen molar-refractivity contribution in [3.05, 3.63) is 33.4 Å². The molecule has 0 aliphatic heterocycles. The topological polar surface area (TPSA) is 90.3 Å². The first kappa shape index (κ1) is 18.7. The summed E-state index contributed by atoms with van der Waals surface area (Å²) in [6, 6.07) is 0. The SMILES string of the molecule is C=CCn1c(SCC(=O)NC(=O)OCC)nc2sc3c(c2c1=O)CCC3. The van der Waals surface area contributed by atoms with E-state index in [2.05, 4.69) is 21.6 Å². The Balaban J connectivity index is 1.87. The van der Waals surface area contributed by atoms with Crippen molar-refractivity contribution in [2.75, 3.05) is 12.4 Å². The van der Waals surface area contributed by atoms with Gasteiger partial charge in [-0.3, -0.25) is 19.5 Å². The molecule has 0 fully saturated rings. The molecule has 0 aromatic carbocycles. The van der Waals surface area contributed by atoms with Crippen LogP contribution in [-0.2, 0) is 28.9 Å². The first-order valence-corrected chi connectivity index (χ1v) is 10.1. The maximum absolute atomic E-state index is 13.0. The Morgan fingerprint density at radius 2 is 2.27 bits per heavy atom. The molecule has 3 rings (SSSR count). The van der Waals surface area contributed by atoms with Gasteiger partial charge >= 0.3 is 6.09 Å². The molecule has 26 heavy (non-hydrogen) atoms. The van der Waals surface area contributed by atoms with Crippen molar-refractivity contribution in [2.45, 2.75) is 37.9 Å². The summed E-state index contributed by atoms with van der Waals surface area (Å²) in [7, 11) is 0. The van der Waals surface area contributed by atoms with E-state index < -0.39 is 12.0 Å². The maximum Gasteiger partial charge on any atom is 0.413 e. The smallest absolute Gasteiger partial charge is 0.413 e. The van der Waals surface area contributed by atoms with Crippen molar-refractivity contribution in [3.8, 4) is 0 Å². The lowest BCUT2D eigenvalue weighted by molar-refractivity contribution is -0.117. The van der Waals surface area contributed by atoms with Gasteiger partial charge in [-0.25, -0.2) is 9.78 Å². The zero-order chi connectivity index (χ0) is 18.7. The fourth-order valence-electron chi connectivity index (χ4n) is 2.91. The molecule has 0 bridgehead atoms. The maximum atomic E-state index is 13.0. The van der Waals surface area contributed by atoms with Gasteiger partial charge < -0.3 is 4.74 Å². The number of allylic oxidation sites excluding steroid dienone is 1. The molecule has 7 nitrogen and oxygen atoms in total. The average Bonchev–Trinajstić information content (AvgIpc) is 3.16. The van der Waals surface area contributed by atoms with Gasteiger partial charge in [0.05, 0.1) is 17.7 Å². The number of carbonyl (C=O) groups is 2. The Kier molecular flexibility index (Phi) is 5.77. The molecule has 0 radical (unpaired) electrons. The van der Waals surface area contributed by atoms with E-state index in [1.165, 1.54) is 9.44 Å². The van der Waals surface area contributed by atoms with E-state index in [0.717, 1.165) is 36.6 Å². The summed E-state index contributed by atoms with van der Waals surface area (Å²) in [6.45, 7) is 5.86. The molecule has 2 aromatic rings. The number of carbonyl (C=O) groups excluding carboxylic acids is 2. The summed E-state index contributed by atoms with van der Waals surface area (Å²) >= 11 is 2.67. The lowest BCUT2D eigenvalue weighted by Crippen LogP contribution is -2.32. The molecule has 0 saturated heterocycles. The van der Waals surface area contributed by atoms with Crippen molar-refractivity contribution in [1.29, 1.82) is 0 Å². The fraction of sp³-hybridized carbons (Fsp3) is 0.412. The lowest BCUT2D eigenvalue weighted by Gasteiger charge is -2.10. The predicted molar refractivity (Wildman–Crippen MR) is 102 cm³/mol. The number of nitrogens with one attached hydrogen (secondary N) is 1. The van der Waals surface area contributed by atoms with Crippen LogP contribution in [0, 0.1) is 0 Å². The largest absolute Gasteiger partial charge is 0.450 e. The Morgan fingerprint density at radius 3 is 3.00 bits per heavy atom. The Bertz CT molecular complexity index is 932. The molecule has 9 heteroatoms. The Labute approximate surface area is 158 Å². The first-order valence-electron chi connectivity index (χ1n) is 8.30. The minimum atomic E-state index is -0.778. The number of nitrogens with zero attached hydrogens (tertiary/aromatic N) is 2. The number of rotatable bonds is 6. The van der Waals surface area contributed by atoms with Gasteiger partial charge in [0.1, 0.15) is 4.83 Å². The molecule has 1 aliphatic rings. The molecule has 138 valence electrons. The van der Waals surface area contributed by atoms with Gasteiger partial charge in [-0.05, 0) is 31.7 Å². The molecule has 2 heterocycles. The van der Waals surface area contributed by atoms with Crippen LogP contribution in [0.25, 0.3) is 10.2 Å². The number of imide groups is 1. The first-order chi connectivity index (χ1) is 12.5. The fourth-order valence-corrected chi connectivity index (χ4v) is 5.02. The molecule has 1 N–H and O–H groups in total. The minimum Gasteiger partial charge on any atom is -0.450 e. The molecule has 2 aromatic heterocycles. The van der Waals surface area contributed by atoms with Crippen LogP contribution in [0.1, 0.15) is 23.8 Å². The molecule has 0 saturated carbocycles. The third-order valence-electron chi connectivity index (χ3n) is 3.95. The van der Waals surface area contributed by atoms with E-state index in [4.69, 9.17) is 0 Å². The second-order valence-electron chi connectivity index (χ2n) is 5.69. The van der Waals surface area contributed by atoms with Crippen LogP contribution in [0.15, 0.2) is 22.6 Å². The number of ether oxygens (including phenoxy) is 1. The summed E-state index contributed by atoms with van der Waals surface area (Å²) in [5, 5.41) is 3.28. The average molecular weight is 393 g/mol. The monoisotopic (exact) mass is 393 g/mol. The number of hydrogen-bond acceptors (Lipinski definition) is 7. The van der Waals surface area contributed by atoms with Crippen LogP contribution in [0.4, 0.5) is 4.79 Å². The minimum absolute atomic E-state index is 0.0427. The van der Waals surface area contributed by atoms with E-state index in [1.807, 2.05) is 0 Å². The number of thiophene rings is 1. The molecule has 0 spiro atoms. The molecular formula is C17H19N3O4S2. The van der Waals surface area contributed by atoms with Gasteiger partial charge in [-0.15, -0.1) is 17.9 Å². The zero-order valence-electron chi connectivity index (χ0n) is 14.4. The van der Waals surface area contributed by atoms with Gasteiger partial charge in [-0.1, -0.05) is 17.8 Å². The highest BCUT2D eigenvalue weighted by molar-refractivity contribution is 7.99. The summed E-state index contributed by atoms with van der Waals surface area (Å²) in [5.74, 6) is -0.541. The van der Waals surface area contributed by atoms with Crippen LogP contribution in [0.3, 0.4) is 0 Å². The number of fused-ring (bicyclic) bond motifs is 3. The highest BCUT2D eigenvalue weighted by Gasteiger charge is 2.23. The zero-order valence-corrected chi connectivity index (χ0v) is 16.0. The van der Waals surface area contributed by atoms with E-state index in [1.54, 1.807) is 24.3 Å². The Morgan fingerprint density at radius 1 is 1.46 bits per heavy atom.